The summed E-state index contributed by atoms with van der Waals surface area (Å²) in [5.74, 6) is -0.267. The van der Waals surface area contributed by atoms with Crippen LogP contribution in [-0.4, -0.2) is 70.3 Å². The first-order valence-electron chi connectivity index (χ1n) is 13.2. The number of hydrogen-bond donors (Lipinski definition) is 1. The van der Waals surface area contributed by atoms with Crippen LogP contribution in [0.3, 0.4) is 0 Å². The average molecular weight is 574 g/mol. The molecule has 0 aromatic carbocycles. The van der Waals surface area contributed by atoms with Crippen LogP contribution in [0.15, 0.2) is 23.1 Å². The number of ether oxygens (including phenoxy) is 2. The molecule has 0 radical (unpaired) electrons. The van der Waals surface area contributed by atoms with Gasteiger partial charge in [-0.25, -0.2) is 9.79 Å². The largest absolute Gasteiger partial charge is 0.462 e. The number of aryl methyl sites for hydroxylation is 1. The number of rotatable bonds is 11. The zero-order chi connectivity index (χ0) is 27.9. The fourth-order valence-corrected chi connectivity index (χ4v) is 6.87. The van der Waals surface area contributed by atoms with Gasteiger partial charge < -0.3 is 14.8 Å². The number of nitrogens with zero attached hydrogens (tertiary/aromatic N) is 4. The standard InChI is InChI=1S/C27H35N5O5S2/c1-5-17-8-9-19-21(13-17)39-24(23(19)26(35)37-6-2)30-22(33)16-38-27-29-20(12-18-14-28-31(3)15-18)25(34)32(27)10-7-11-36-4/h12,14-15,17H,5-11,13,16H2,1-4H3,(H,30,33)/b20-12+/t17-/m0/s1. The molecule has 4 rings (SSSR count). The molecule has 39 heavy (non-hydrogen) atoms. The van der Waals surface area contributed by atoms with Gasteiger partial charge in [0.1, 0.15) is 10.7 Å². The van der Waals surface area contributed by atoms with Gasteiger partial charge in [0, 0.05) is 43.9 Å². The van der Waals surface area contributed by atoms with E-state index in [0.717, 1.165) is 41.7 Å². The summed E-state index contributed by atoms with van der Waals surface area (Å²) < 4.78 is 12.1. The Morgan fingerprint density at radius 3 is 2.85 bits per heavy atom. The van der Waals surface area contributed by atoms with Gasteiger partial charge in [-0.3, -0.25) is 19.2 Å². The van der Waals surface area contributed by atoms with E-state index in [9.17, 15) is 14.4 Å². The van der Waals surface area contributed by atoms with Crippen LogP contribution in [0.4, 0.5) is 5.00 Å². The molecule has 0 bridgehead atoms. The van der Waals surface area contributed by atoms with E-state index in [0.29, 0.717) is 46.9 Å². The third-order valence-electron chi connectivity index (χ3n) is 6.68. The van der Waals surface area contributed by atoms with Gasteiger partial charge in [0.15, 0.2) is 5.17 Å². The molecule has 0 spiro atoms. The molecule has 210 valence electrons. The molecular weight excluding hydrogens is 538 g/mol. The Bertz CT molecular complexity index is 1280. The summed E-state index contributed by atoms with van der Waals surface area (Å²) in [4.78, 5) is 46.3. The second kappa shape index (κ2) is 13.4. The maximum absolute atomic E-state index is 13.1. The lowest BCUT2D eigenvalue weighted by Gasteiger charge is -2.20. The van der Waals surface area contributed by atoms with Crippen LogP contribution in [0.2, 0.25) is 0 Å². The van der Waals surface area contributed by atoms with Crippen molar-refractivity contribution < 1.29 is 23.9 Å². The molecule has 0 saturated carbocycles. The van der Waals surface area contributed by atoms with Crippen LogP contribution in [0.5, 0.6) is 0 Å². The summed E-state index contributed by atoms with van der Waals surface area (Å²) in [5, 5.41) is 8.09. The van der Waals surface area contributed by atoms with E-state index in [4.69, 9.17) is 9.47 Å². The van der Waals surface area contributed by atoms with E-state index in [1.165, 1.54) is 23.1 Å². The second-order valence-electron chi connectivity index (χ2n) is 9.46. The Morgan fingerprint density at radius 2 is 2.15 bits per heavy atom. The minimum Gasteiger partial charge on any atom is -0.462 e. The second-order valence-corrected chi connectivity index (χ2v) is 11.5. The Kier molecular flexibility index (Phi) is 9.98. The van der Waals surface area contributed by atoms with Crippen molar-refractivity contribution in [3.05, 3.63) is 39.7 Å². The minimum atomic E-state index is -0.395. The van der Waals surface area contributed by atoms with Crippen LogP contribution in [0.25, 0.3) is 6.08 Å². The molecule has 1 atom stereocenters. The first kappa shape index (κ1) is 29.0. The average Bonchev–Trinajstić information content (AvgIpc) is 3.58. The molecule has 1 aliphatic carbocycles. The summed E-state index contributed by atoms with van der Waals surface area (Å²) >= 11 is 2.67. The quantitative estimate of drug-likeness (QED) is 0.244. The van der Waals surface area contributed by atoms with Crippen LogP contribution in [-0.2, 0) is 39.0 Å². The summed E-state index contributed by atoms with van der Waals surface area (Å²) in [6.45, 7) is 5.15. The van der Waals surface area contributed by atoms with Crippen LogP contribution in [0, 0.1) is 5.92 Å². The lowest BCUT2D eigenvalue weighted by molar-refractivity contribution is -0.122. The smallest absolute Gasteiger partial charge is 0.341 e. The highest BCUT2D eigenvalue weighted by molar-refractivity contribution is 8.14. The molecule has 0 fully saturated rings. The highest BCUT2D eigenvalue weighted by Gasteiger charge is 2.32. The molecular formula is C27H35N5O5S2. The first-order valence-corrected chi connectivity index (χ1v) is 15.0. The van der Waals surface area contributed by atoms with Gasteiger partial charge >= 0.3 is 5.97 Å². The number of anilines is 1. The molecule has 2 aromatic rings. The van der Waals surface area contributed by atoms with Crippen molar-refractivity contribution in [3.63, 3.8) is 0 Å². The van der Waals surface area contributed by atoms with Crippen molar-refractivity contribution in [2.75, 3.05) is 37.9 Å². The number of esters is 1. The highest BCUT2D eigenvalue weighted by atomic mass is 32.2. The number of amidine groups is 1. The minimum absolute atomic E-state index is 0.0372. The van der Waals surface area contributed by atoms with Gasteiger partial charge in [-0.15, -0.1) is 11.3 Å². The SMILES string of the molecule is CCOC(=O)c1c(NC(=O)CSC2=N/C(=C/c3cnn(C)c3)C(=O)N2CCCOC)sc2c1CC[C@H](CC)C2. The van der Waals surface area contributed by atoms with Crippen molar-refractivity contribution >= 4 is 57.1 Å². The topological polar surface area (TPSA) is 115 Å². The molecule has 10 nitrogen and oxygen atoms in total. The Hall–Kier alpha value is -2.96. The number of hydrogen-bond acceptors (Lipinski definition) is 9. The number of amides is 2. The van der Waals surface area contributed by atoms with Gasteiger partial charge in [-0.1, -0.05) is 25.1 Å². The lowest BCUT2D eigenvalue weighted by Crippen LogP contribution is -2.32. The van der Waals surface area contributed by atoms with Gasteiger partial charge in [-0.2, -0.15) is 5.10 Å². The predicted molar refractivity (Wildman–Crippen MR) is 154 cm³/mol. The van der Waals surface area contributed by atoms with Crippen LogP contribution < -0.4 is 5.32 Å². The Morgan fingerprint density at radius 1 is 1.33 bits per heavy atom. The molecule has 3 heterocycles. The zero-order valence-corrected chi connectivity index (χ0v) is 24.5. The first-order chi connectivity index (χ1) is 18.8. The summed E-state index contributed by atoms with van der Waals surface area (Å²) in [6, 6.07) is 0. The van der Waals surface area contributed by atoms with Gasteiger partial charge in [0.2, 0.25) is 5.91 Å². The number of aliphatic imine (C=N–C) groups is 1. The third-order valence-corrected chi connectivity index (χ3v) is 8.83. The van der Waals surface area contributed by atoms with Crippen LogP contribution >= 0.6 is 23.1 Å². The zero-order valence-electron chi connectivity index (χ0n) is 22.8. The van der Waals surface area contributed by atoms with Gasteiger partial charge in [0.05, 0.1) is 24.1 Å². The number of carbonyl (C=O) groups excluding carboxylic acids is 3. The van der Waals surface area contributed by atoms with E-state index in [-0.39, 0.29) is 24.2 Å². The number of thioether (sulfide) groups is 1. The third kappa shape index (κ3) is 6.98. The molecule has 0 saturated heterocycles. The van der Waals surface area contributed by atoms with E-state index >= 15 is 0 Å². The lowest BCUT2D eigenvalue weighted by atomic mass is 9.85. The van der Waals surface area contributed by atoms with Crippen molar-refractivity contribution in [3.8, 4) is 0 Å². The Labute approximate surface area is 236 Å². The van der Waals surface area contributed by atoms with Crippen molar-refractivity contribution in [1.82, 2.24) is 14.7 Å². The summed E-state index contributed by atoms with van der Waals surface area (Å²) in [7, 11) is 3.42. The van der Waals surface area contributed by atoms with Crippen molar-refractivity contribution in [1.29, 1.82) is 0 Å². The predicted octanol–water partition coefficient (Wildman–Crippen LogP) is 4.12. The number of nitrogens with one attached hydrogen (secondary N) is 1. The number of aromatic nitrogens is 2. The molecule has 1 N–H and O–H groups in total. The fourth-order valence-electron chi connectivity index (χ4n) is 4.68. The monoisotopic (exact) mass is 573 g/mol. The Balaban J connectivity index is 1.49. The van der Waals surface area contributed by atoms with E-state index in [2.05, 4.69) is 22.3 Å². The van der Waals surface area contributed by atoms with Gasteiger partial charge in [0.25, 0.3) is 5.91 Å². The summed E-state index contributed by atoms with van der Waals surface area (Å²) in [6.07, 6.45) is 9.62. The van der Waals surface area contributed by atoms with E-state index in [1.54, 1.807) is 49.1 Å². The number of thiophene rings is 1. The molecule has 1 aliphatic heterocycles. The fraction of sp³-hybridized carbons (Fsp3) is 0.519. The van der Waals surface area contributed by atoms with Crippen LogP contribution in [0.1, 0.15) is 59.5 Å². The van der Waals surface area contributed by atoms with Gasteiger partial charge in [-0.05, 0) is 50.2 Å². The highest BCUT2D eigenvalue weighted by Crippen LogP contribution is 2.41. The molecule has 2 amide bonds. The maximum Gasteiger partial charge on any atom is 0.341 e. The maximum atomic E-state index is 13.1. The number of fused-ring (bicyclic) bond motifs is 1. The number of methoxy groups -OCH3 is 1. The van der Waals surface area contributed by atoms with E-state index in [1.807, 2.05) is 0 Å². The van der Waals surface area contributed by atoms with E-state index < -0.39 is 5.97 Å². The molecule has 0 unspecified atom stereocenters. The van der Waals surface area contributed by atoms with Crippen molar-refractivity contribution in [2.24, 2.45) is 18.0 Å². The molecule has 12 heteroatoms. The summed E-state index contributed by atoms with van der Waals surface area (Å²) in [5.41, 5.74) is 2.56. The normalized spacial score (nSPS) is 17.9. The number of carbonyl (C=O) groups is 3. The van der Waals surface area contributed by atoms with Crippen molar-refractivity contribution in [2.45, 2.75) is 46.0 Å². The molecule has 2 aromatic heterocycles. The molecule has 2 aliphatic rings.